The Balaban J connectivity index is 0.000000260. The minimum Gasteiger partial charge on any atom is -0.481 e. The minimum absolute atomic E-state index is 0. The second-order valence-electron chi connectivity index (χ2n) is 10.3. The van der Waals surface area contributed by atoms with E-state index in [4.69, 9.17) is 29.9 Å². The number of ether oxygens (including phenoxy) is 2. The summed E-state index contributed by atoms with van der Waals surface area (Å²) in [7, 11) is 1.69. The number of nitrogens with zero attached hydrogens (tertiary/aromatic N) is 2. The maximum atomic E-state index is 13.1. The number of aromatic nitrogens is 1. The Morgan fingerprint density at radius 1 is 1.00 bits per heavy atom. The van der Waals surface area contributed by atoms with Crippen molar-refractivity contribution in [1.29, 1.82) is 0 Å². The van der Waals surface area contributed by atoms with Crippen molar-refractivity contribution >= 4 is 63.7 Å². The third kappa shape index (κ3) is 5.96. The maximum Gasteiger partial charge on any atom is 2.00 e. The third-order valence-corrected chi connectivity index (χ3v) is 7.45. The summed E-state index contributed by atoms with van der Waals surface area (Å²) in [6, 6.07) is 12.9. The first kappa shape index (κ1) is 31.6. The van der Waals surface area contributed by atoms with Crippen LogP contribution in [-0.2, 0) is 30.4 Å². The monoisotopic (exact) mass is 605 g/mol. The molecule has 3 aromatic rings. The molecule has 3 aliphatic heterocycles. The van der Waals surface area contributed by atoms with Crippen LogP contribution in [0.15, 0.2) is 42.5 Å². The number of aliphatic carboxylic acids is 3. The molecule has 4 heterocycles. The Kier molecular flexibility index (Phi) is 8.89. The van der Waals surface area contributed by atoms with Gasteiger partial charge in [0.1, 0.15) is 6.04 Å². The van der Waals surface area contributed by atoms with E-state index in [1.54, 1.807) is 11.9 Å². The van der Waals surface area contributed by atoms with Gasteiger partial charge in [-0.15, -0.1) is 0 Å². The number of amides is 2. The molecule has 220 valence electrons. The summed E-state index contributed by atoms with van der Waals surface area (Å²) < 4.78 is 11.0. The first-order valence-corrected chi connectivity index (χ1v) is 12.8. The smallest absolute Gasteiger partial charge is 0.481 e. The molecule has 15 heteroatoms. The number of aliphatic hydroxyl groups is 1. The summed E-state index contributed by atoms with van der Waals surface area (Å²) >= 11 is 0. The fourth-order valence-electron chi connectivity index (χ4n) is 5.55. The summed E-state index contributed by atoms with van der Waals surface area (Å²) in [4.78, 5) is 63.4. The number of rotatable bonds is 6. The predicted octanol–water partition coefficient (Wildman–Crippen LogP) is 0.582. The Bertz CT molecular complexity index is 1600. The van der Waals surface area contributed by atoms with Gasteiger partial charge in [0.2, 0.25) is 18.6 Å². The van der Waals surface area contributed by atoms with Crippen LogP contribution >= 0.6 is 0 Å². The Labute approximate surface area is 259 Å². The molecule has 0 bridgehead atoms. The zero-order chi connectivity index (χ0) is 30.3. The second kappa shape index (κ2) is 12.1. The standard InChI is InChI=1S/C22H19N3O4.C6H8O7.Mg/c1-24-10-19(26)25-16(22(24)27)9-14-13-4-2-3-5-15(13)23-20(14)21(25)12-6-7-17-18(8-12)29-11-28-17;7-3(8)1-6(13,5(11)12)2-4(9)10;/h2-8,16,21,23H,9-11H2,1H3;13H,1-2H2,(H,7,8)(H,9,10)(H,11,12);/q;;+2/t16-,21-;;/m1../s1. The molecule has 0 aliphatic carbocycles. The van der Waals surface area contributed by atoms with Gasteiger partial charge in [-0.1, -0.05) is 24.3 Å². The third-order valence-electron chi connectivity index (χ3n) is 7.45. The zero-order valence-corrected chi connectivity index (χ0v) is 24.4. The molecule has 2 amide bonds. The molecule has 0 saturated carbocycles. The molecular formula is C28H27MgN3O11+2. The number of fused-ring (bicyclic) bond motifs is 5. The fraction of sp³-hybridized carbons (Fsp3) is 0.321. The van der Waals surface area contributed by atoms with Crippen LogP contribution in [0.2, 0.25) is 0 Å². The summed E-state index contributed by atoms with van der Waals surface area (Å²) in [6.07, 6.45) is -1.78. The van der Waals surface area contributed by atoms with Crippen molar-refractivity contribution in [2.75, 3.05) is 20.4 Å². The number of H-pyrrole nitrogens is 1. The van der Waals surface area contributed by atoms with Crippen LogP contribution in [-0.4, -0.2) is 120 Å². The van der Waals surface area contributed by atoms with Crippen LogP contribution in [0.25, 0.3) is 10.9 Å². The van der Waals surface area contributed by atoms with E-state index in [0.717, 1.165) is 27.7 Å². The van der Waals surface area contributed by atoms with Gasteiger partial charge in [-0.3, -0.25) is 19.2 Å². The molecule has 43 heavy (non-hydrogen) atoms. The van der Waals surface area contributed by atoms with Gasteiger partial charge in [-0.2, -0.15) is 0 Å². The number of hydrogen-bond donors (Lipinski definition) is 5. The molecule has 1 fully saturated rings. The first-order valence-electron chi connectivity index (χ1n) is 12.8. The zero-order valence-electron chi connectivity index (χ0n) is 23.0. The molecule has 5 N–H and O–H groups in total. The van der Waals surface area contributed by atoms with Crippen LogP contribution in [0.5, 0.6) is 11.5 Å². The molecule has 3 aliphatic rings. The fourth-order valence-corrected chi connectivity index (χ4v) is 5.55. The summed E-state index contributed by atoms with van der Waals surface area (Å²) in [6.45, 7) is 0.279. The summed E-state index contributed by atoms with van der Waals surface area (Å²) in [5.41, 5.74) is 1.24. The van der Waals surface area contributed by atoms with Crippen molar-refractivity contribution in [3.8, 4) is 11.5 Å². The maximum absolute atomic E-state index is 13.1. The number of nitrogens with one attached hydrogen (secondary N) is 1. The van der Waals surface area contributed by atoms with Crippen LogP contribution in [0.1, 0.15) is 35.7 Å². The Morgan fingerprint density at radius 2 is 1.65 bits per heavy atom. The molecule has 1 saturated heterocycles. The average Bonchev–Trinajstić information content (AvgIpc) is 3.54. The summed E-state index contributed by atoms with van der Waals surface area (Å²) in [5.74, 6) is -3.74. The number of carbonyl (C=O) groups is 5. The van der Waals surface area contributed by atoms with E-state index in [9.17, 15) is 24.0 Å². The molecule has 14 nitrogen and oxygen atoms in total. The first-order chi connectivity index (χ1) is 19.9. The van der Waals surface area contributed by atoms with Crippen LogP contribution in [0, 0.1) is 0 Å². The Hall–Kier alpha value is -4.34. The SMILES string of the molecule is CN1CC(=O)N2[C@H](c3ccc4c(c3)OCO4)c3[nH]c4ccccc4c3C[C@@H]2C1=O.O=C(O)CC(O)(CC(=O)O)C(=O)O.[Mg+2]. The van der Waals surface area contributed by atoms with E-state index >= 15 is 0 Å². The molecule has 0 radical (unpaired) electrons. The number of piperazine rings is 1. The Morgan fingerprint density at radius 3 is 2.30 bits per heavy atom. The molecule has 2 aromatic carbocycles. The van der Waals surface area contributed by atoms with E-state index in [0.29, 0.717) is 17.9 Å². The van der Waals surface area contributed by atoms with Gasteiger partial charge in [-0.25, -0.2) is 4.79 Å². The number of carbonyl (C=O) groups excluding carboxylic acids is 2. The van der Waals surface area contributed by atoms with E-state index in [1.807, 2.05) is 36.4 Å². The van der Waals surface area contributed by atoms with Gasteiger partial charge >= 0.3 is 41.0 Å². The van der Waals surface area contributed by atoms with Crippen molar-refractivity contribution < 1.29 is 53.9 Å². The van der Waals surface area contributed by atoms with E-state index < -0.39 is 42.4 Å². The van der Waals surface area contributed by atoms with Crippen LogP contribution in [0.3, 0.4) is 0 Å². The van der Waals surface area contributed by atoms with Crippen molar-refractivity contribution in [2.45, 2.75) is 36.9 Å². The van der Waals surface area contributed by atoms with Gasteiger partial charge in [-0.05, 0) is 29.3 Å². The van der Waals surface area contributed by atoms with Crippen LogP contribution in [0.4, 0.5) is 0 Å². The van der Waals surface area contributed by atoms with Gasteiger partial charge in [0.15, 0.2) is 17.1 Å². The normalized spacial score (nSPS) is 18.7. The predicted molar refractivity (Wildman–Crippen MR) is 148 cm³/mol. The van der Waals surface area contributed by atoms with Crippen molar-refractivity contribution in [3.63, 3.8) is 0 Å². The van der Waals surface area contributed by atoms with Crippen molar-refractivity contribution in [1.82, 2.24) is 14.8 Å². The van der Waals surface area contributed by atoms with Gasteiger partial charge in [0.05, 0.1) is 25.4 Å². The number of hydrogen-bond acceptors (Lipinski definition) is 8. The topological polar surface area (TPSA) is 207 Å². The van der Waals surface area contributed by atoms with Crippen molar-refractivity contribution in [3.05, 3.63) is 59.3 Å². The summed E-state index contributed by atoms with van der Waals surface area (Å²) in [5, 5.41) is 34.9. The van der Waals surface area contributed by atoms with E-state index in [1.165, 1.54) is 4.90 Å². The molecule has 2 atom stereocenters. The number of benzene rings is 2. The molecule has 1 aromatic heterocycles. The largest absolute Gasteiger partial charge is 2.00 e. The number of carboxylic acid groups (broad SMARTS) is 3. The average molecular weight is 606 g/mol. The number of aromatic amines is 1. The second-order valence-corrected chi connectivity index (χ2v) is 10.3. The van der Waals surface area contributed by atoms with E-state index in [-0.39, 0.29) is 54.2 Å². The van der Waals surface area contributed by atoms with Gasteiger partial charge in [0, 0.05) is 30.1 Å². The number of carboxylic acids is 3. The quantitative estimate of drug-likeness (QED) is 0.246. The molecule has 0 spiro atoms. The van der Waals surface area contributed by atoms with Gasteiger partial charge in [0.25, 0.3) is 0 Å². The molecule has 6 rings (SSSR count). The number of likely N-dealkylation sites (N-methyl/N-ethyl adjacent to an activating group) is 1. The van der Waals surface area contributed by atoms with Crippen molar-refractivity contribution in [2.24, 2.45) is 0 Å². The number of para-hydroxylation sites is 1. The van der Waals surface area contributed by atoms with E-state index in [2.05, 4.69) is 11.1 Å². The minimum atomic E-state index is -2.74. The van der Waals surface area contributed by atoms with Gasteiger partial charge < -0.3 is 44.7 Å². The van der Waals surface area contributed by atoms with Crippen LogP contribution < -0.4 is 9.47 Å². The molecule has 0 unspecified atom stereocenters. The molecular weight excluding hydrogens is 579 g/mol.